The SMILES string of the molecule is O=C(NC[C@@H]1CCCN1C(=O)CCc1nc2ccccc2[nH]c1=O)c1ccc2c(c1)CCCC2=O. The fourth-order valence-corrected chi connectivity index (χ4v) is 5.08. The third kappa shape index (κ3) is 4.87. The van der Waals surface area contributed by atoms with Gasteiger partial charge in [-0.05, 0) is 55.5 Å². The van der Waals surface area contributed by atoms with E-state index in [-0.39, 0.29) is 42.0 Å². The summed E-state index contributed by atoms with van der Waals surface area (Å²) in [5.41, 5.74) is 3.65. The molecule has 2 heterocycles. The van der Waals surface area contributed by atoms with Gasteiger partial charge < -0.3 is 15.2 Å². The van der Waals surface area contributed by atoms with Crippen molar-refractivity contribution < 1.29 is 14.4 Å². The number of aromatic nitrogens is 2. The number of carbonyl (C=O) groups excluding carboxylic acids is 3. The van der Waals surface area contributed by atoms with Gasteiger partial charge in [0, 0.05) is 49.5 Å². The number of aryl methyl sites for hydroxylation is 2. The van der Waals surface area contributed by atoms with Gasteiger partial charge in [-0.3, -0.25) is 19.2 Å². The fraction of sp³-hybridized carbons (Fsp3) is 0.370. The number of amides is 2. The number of Topliss-reactive ketones (excluding diaryl/α,β-unsaturated/α-hetero) is 1. The predicted octanol–water partition coefficient (Wildman–Crippen LogP) is 2.80. The summed E-state index contributed by atoms with van der Waals surface area (Å²) >= 11 is 0. The van der Waals surface area contributed by atoms with Crippen molar-refractivity contribution in [1.29, 1.82) is 0 Å². The van der Waals surface area contributed by atoms with E-state index in [1.807, 2.05) is 24.3 Å². The van der Waals surface area contributed by atoms with E-state index in [4.69, 9.17) is 0 Å². The molecule has 2 amide bonds. The molecule has 8 nitrogen and oxygen atoms in total. The average molecular weight is 473 g/mol. The lowest BCUT2D eigenvalue weighted by molar-refractivity contribution is -0.131. The van der Waals surface area contributed by atoms with E-state index in [0.29, 0.717) is 41.8 Å². The van der Waals surface area contributed by atoms with Crippen molar-refractivity contribution in [2.24, 2.45) is 0 Å². The summed E-state index contributed by atoms with van der Waals surface area (Å²) in [5.74, 6) is -0.0976. The minimum atomic E-state index is -0.270. The van der Waals surface area contributed by atoms with Crippen LogP contribution in [0.3, 0.4) is 0 Å². The van der Waals surface area contributed by atoms with Crippen LogP contribution in [0.1, 0.15) is 64.1 Å². The Morgan fingerprint density at radius 2 is 1.94 bits per heavy atom. The minimum absolute atomic E-state index is 0.0385. The predicted molar refractivity (Wildman–Crippen MR) is 131 cm³/mol. The molecule has 3 aromatic rings. The van der Waals surface area contributed by atoms with E-state index in [1.54, 1.807) is 23.1 Å². The lowest BCUT2D eigenvalue weighted by atomic mass is 9.89. The fourth-order valence-electron chi connectivity index (χ4n) is 5.08. The number of hydrogen-bond acceptors (Lipinski definition) is 5. The van der Waals surface area contributed by atoms with E-state index in [9.17, 15) is 19.2 Å². The summed E-state index contributed by atoms with van der Waals surface area (Å²) in [6.07, 6.45) is 4.34. The minimum Gasteiger partial charge on any atom is -0.350 e. The number of hydrogen-bond donors (Lipinski definition) is 2. The van der Waals surface area contributed by atoms with Gasteiger partial charge >= 0.3 is 0 Å². The molecule has 1 aliphatic carbocycles. The third-order valence-electron chi connectivity index (χ3n) is 6.96. The Hall–Kier alpha value is -3.81. The van der Waals surface area contributed by atoms with Crippen molar-refractivity contribution >= 4 is 28.6 Å². The molecule has 180 valence electrons. The first-order chi connectivity index (χ1) is 17.0. The Bertz CT molecular complexity index is 1360. The molecule has 1 aliphatic heterocycles. The molecule has 35 heavy (non-hydrogen) atoms. The zero-order chi connectivity index (χ0) is 24.4. The highest BCUT2D eigenvalue weighted by Gasteiger charge is 2.29. The number of para-hydroxylation sites is 2. The number of aromatic amines is 1. The first kappa shape index (κ1) is 23.0. The Morgan fingerprint density at radius 1 is 1.09 bits per heavy atom. The summed E-state index contributed by atoms with van der Waals surface area (Å²) < 4.78 is 0. The van der Waals surface area contributed by atoms with Crippen LogP contribution >= 0.6 is 0 Å². The van der Waals surface area contributed by atoms with Crippen molar-refractivity contribution in [2.45, 2.75) is 51.0 Å². The van der Waals surface area contributed by atoms with Crippen LogP contribution < -0.4 is 10.9 Å². The summed E-state index contributed by atoms with van der Waals surface area (Å²) in [6.45, 7) is 1.01. The molecule has 2 aromatic carbocycles. The number of likely N-dealkylation sites (tertiary alicyclic amines) is 1. The number of fused-ring (bicyclic) bond motifs is 2. The lowest BCUT2D eigenvalue weighted by Gasteiger charge is -2.25. The van der Waals surface area contributed by atoms with Crippen molar-refractivity contribution in [1.82, 2.24) is 20.2 Å². The zero-order valence-electron chi connectivity index (χ0n) is 19.5. The maximum Gasteiger partial charge on any atom is 0.270 e. The van der Waals surface area contributed by atoms with E-state index in [0.717, 1.165) is 36.8 Å². The van der Waals surface area contributed by atoms with Crippen LogP contribution in [0, 0.1) is 0 Å². The lowest BCUT2D eigenvalue weighted by Crippen LogP contribution is -2.43. The van der Waals surface area contributed by atoms with Gasteiger partial charge in [-0.2, -0.15) is 0 Å². The van der Waals surface area contributed by atoms with Crippen molar-refractivity contribution in [3.05, 3.63) is 75.2 Å². The largest absolute Gasteiger partial charge is 0.350 e. The molecule has 0 bridgehead atoms. The van der Waals surface area contributed by atoms with Gasteiger partial charge in [-0.25, -0.2) is 4.98 Å². The van der Waals surface area contributed by atoms with Gasteiger partial charge in [0.25, 0.3) is 11.5 Å². The van der Waals surface area contributed by atoms with E-state index in [2.05, 4.69) is 15.3 Å². The Morgan fingerprint density at radius 3 is 2.83 bits per heavy atom. The zero-order valence-corrected chi connectivity index (χ0v) is 19.5. The number of H-pyrrole nitrogens is 1. The molecule has 8 heteroatoms. The highest BCUT2D eigenvalue weighted by molar-refractivity contribution is 6.01. The van der Waals surface area contributed by atoms with Crippen molar-refractivity contribution in [3.63, 3.8) is 0 Å². The second-order valence-corrected chi connectivity index (χ2v) is 9.27. The number of nitrogens with one attached hydrogen (secondary N) is 2. The molecule has 2 N–H and O–H groups in total. The molecule has 1 aromatic heterocycles. The summed E-state index contributed by atoms with van der Waals surface area (Å²) in [4.78, 5) is 59.1. The molecule has 5 rings (SSSR count). The number of nitrogens with zero attached hydrogens (tertiary/aromatic N) is 2. The second-order valence-electron chi connectivity index (χ2n) is 9.27. The summed E-state index contributed by atoms with van der Waals surface area (Å²) in [7, 11) is 0. The van der Waals surface area contributed by atoms with Gasteiger partial charge in [0.2, 0.25) is 5.91 Å². The van der Waals surface area contributed by atoms with Crippen LogP contribution in [0.5, 0.6) is 0 Å². The molecular weight excluding hydrogens is 444 g/mol. The molecule has 0 spiro atoms. The quantitative estimate of drug-likeness (QED) is 0.573. The topological polar surface area (TPSA) is 112 Å². The van der Waals surface area contributed by atoms with E-state index < -0.39 is 0 Å². The second kappa shape index (κ2) is 9.82. The maximum absolute atomic E-state index is 13.0. The number of carbonyl (C=O) groups is 3. The van der Waals surface area contributed by atoms with Crippen molar-refractivity contribution in [2.75, 3.05) is 13.1 Å². The number of benzene rings is 2. The molecule has 0 unspecified atom stereocenters. The van der Waals surface area contributed by atoms with Gasteiger partial charge in [0.05, 0.1) is 11.0 Å². The van der Waals surface area contributed by atoms with Crippen LogP contribution in [0.2, 0.25) is 0 Å². The van der Waals surface area contributed by atoms with Gasteiger partial charge in [-0.15, -0.1) is 0 Å². The highest BCUT2D eigenvalue weighted by atomic mass is 16.2. The summed E-state index contributed by atoms with van der Waals surface area (Å²) in [5, 5.41) is 2.96. The first-order valence-corrected chi connectivity index (χ1v) is 12.2. The van der Waals surface area contributed by atoms with Crippen LogP contribution in [-0.4, -0.2) is 51.6 Å². The number of ketones is 1. The van der Waals surface area contributed by atoms with E-state index in [1.165, 1.54) is 0 Å². The molecule has 0 saturated carbocycles. The van der Waals surface area contributed by atoms with Crippen LogP contribution in [0.4, 0.5) is 0 Å². The van der Waals surface area contributed by atoms with Gasteiger partial charge in [-0.1, -0.05) is 18.2 Å². The maximum atomic E-state index is 13.0. The molecule has 2 aliphatic rings. The van der Waals surface area contributed by atoms with Crippen LogP contribution in [0.15, 0.2) is 47.3 Å². The van der Waals surface area contributed by atoms with Crippen molar-refractivity contribution in [3.8, 4) is 0 Å². The molecule has 0 radical (unpaired) electrons. The average Bonchev–Trinajstić information content (AvgIpc) is 3.34. The summed E-state index contributed by atoms with van der Waals surface area (Å²) in [6, 6.07) is 12.5. The number of rotatable bonds is 6. The smallest absolute Gasteiger partial charge is 0.270 e. The Balaban J connectivity index is 1.18. The highest BCUT2D eigenvalue weighted by Crippen LogP contribution is 2.23. The first-order valence-electron chi connectivity index (χ1n) is 12.2. The van der Waals surface area contributed by atoms with Crippen LogP contribution in [-0.2, 0) is 17.6 Å². The Kier molecular flexibility index (Phi) is 6.44. The Labute approximate surface area is 202 Å². The van der Waals surface area contributed by atoms with Crippen LogP contribution in [0.25, 0.3) is 11.0 Å². The standard InChI is InChI=1S/C27H28N4O4/c32-24-9-3-5-17-15-18(10-11-20(17)24)26(34)28-16-19-6-4-14-31(19)25(33)13-12-23-27(35)30-22-8-2-1-7-21(22)29-23/h1-2,7-8,10-11,15,19H,3-6,9,12-14,16H2,(H,28,34)(H,30,35)/t19-/m0/s1. The molecule has 1 atom stereocenters. The molecule has 1 saturated heterocycles. The third-order valence-corrected chi connectivity index (χ3v) is 6.96. The van der Waals surface area contributed by atoms with Gasteiger partial charge in [0.1, 0.15) is 5.69 Å². The van der Waals surface area contributed by atoms with E-state index >= 15 is 0 Å². The van der Waals surface area contributed by atoms with Gasteiger partial charge in [0.15, 0.2) is 5.78 Å². The molecular formula is C27H28N4O4. The molecule has 1 fully saturated rings. The normalized spacial score (nSPS) is 17.4. The monoisotopic (exact) mass is 472 g/mol.